The van der Waals surface area contributed by atoms with Crippen LogP contribution in [0.2, 0.25) is 0 Å². The van der Waals surface area contributed by atoms with Crippen molar-refractivity contribution in [3.05, 3.63) is 28.2 Å². The molecule has 0 radical (unpaired) electrons. The van der Waals surface area contributed by atoms with Gasteiger partial charge in [-0.25, -0.2) is 4.98 Å². The second-order valence-electron chi connectivity index (χ2n) is 4.30. The minimum Gasteiger partial charge on any atom is -0.381 e. The average molecular weight is 295 g/mol. The van der Waals surface area contributed by atoms with Crippen LogP contribution in [-0.2, 0) is 4.74 Å². The number of rotatable bonds is 3. The lowest BCUT2D eigenvalue weighted by Gasteiger charge is -2.19. The number of aromatic nitrogens is 2. The van der Waals surface area contributed by atoms with Gasteiger partial charge >= 0.3 is 0 Å². The van der Waals surface area contributed by atoms with Gasteiger partial charge in [0.15, 0.2) is 5.13 Å². The maximum atomic E-state index is 11.8. The van der Waals surface area contributed by atoms with E-state index in [1.807, 2.05) is 5.38 Å². The number of nitrogens with one attached hydrogen (secondary N) is 1. The van der Waals surface area contributed by atoms with E-state index in [-0.39, 0.29) is 5.91 Å². The standard InChI is InChI=1S/C12H13N3O2S2/c16-11(9-3-6-19-15-9)14-12-13-10(7-18-12)8-1-4-17-5-2-8/h3,6-8H,1-2,4-5H2,(H,13,14,16). The zero-order chi connectivity index (χ0) is 13.1. The third-order valence-electron chi connectivity index (χ3n) is 3.05. The molecule has 3 rings (SSSR count). The fraction of sp³-hybridized carbons (Fsp3) is 0.417. The van der Waals surface area contributed by atoms with Crippen LogP contribution in [0.4, 0.5) is 5.13 Å². The summed E-state index contributed by atoms with van der Waals surface area (Å²) < 4.78 is 9.34. The highest BCUT2D eigenvalue weighted by atomic mass is 32.1. The molecule has 0 bridgehead atoms. The van der Waals surface area contributed by atoms with Gasteiger partial charge in [0.25, 0.3) is 5.91 Å². The van der Waals surface area contributed by atoms with Crippen molar-refractivity contribution in [2.75, 3.05) is 18.5 Å². The molecule has 7 heteroatoms. The van der Waals surface area contributed by atoms with E-state index in [0.29, 0.717) is 16.7 Å². The van der Waals surface area contributed by atoms with E-state index in [2.05, 4.69) is 14.7 Å². The van der Waals surface area contributed by atoms with Crippen LogP contribution in [0.15, 0.2) is 16.8 Å². The van der Waals surface area contributed by atoms with Crippen molar-refractivity contribution in [1.82, 2.24) is 9.36 Å². The monoisotopic (exact) mass is 295 g/mol. The molecule has 1 fully saturated rings. The Labute approximate surface area is 118 Å². The molecule has 1 aliphatic heterocycles. The highest BCUT2D eigenvalue weighted by molar-refractivity contribution is 7.14. The molecule has 0 unspecified atom stereocenters. The first-order chi connectivity index (χ1) is 9.33. The van der Waals surface area contributed by atoms with Gasteiger partial charge in [0, 0.05) is 29.9 Å². The van der Waals surface area contributed by atoms with Crippen LogP contribution in [0.1, 0.15) is 34.9 Å². The first-order valence-electron chi connectivity index (χ1n) is 6.08. The summed E-state index contributed by atoms with van der Waals surface area (Å²) in [5.41, 5.74) is 1.50. The summed E-state index contributed by atoms with van der Waals surface area (Å²) in [6.45, 7) is 1.59. The summed E-state index contributed by atoms with van der Waals surface area (Å²) in [5, 5.41) is 7.23. The fourth-order valence-electron chi connectivity index (χ4n) is 2.02. The smallest absolute Gasteiger partial charge is 0.277 e. The van der Waals surface area contributed by atoms with Gasteiger partial charge in [0.05, 0.1) is 5.69 Å². The zero-order valence-electron chi connectivity index (χ0n) is 10.2. The molecule has 5 nitrogen and oxygen atoms in total. The Morgan fingerprint density at radius 1 is 1.42 bits per heavy atom. The molecule has 0 saturated carbocycles. The zero-order valence-corrected chi connectivity index (χ0v) is 11.8. The van der Waals surface area contributed by atoms with Gasteiger partial charge in [-0.2, -0.15) is 4.37 Å². The highest BCUT2D eigenvalue weighted by Crippen LogP contribution is 2.29. The molecule has 2 aromatic rings. The first-order valence-corrected chi connectivity index (χ1v) is 7.79. The fourth-order valence-corrected chi connectivity index (χ4v) is 3.31. The normalized spacial score (nSPS) is 16.4. The predicted molar refractivity (Wildman–Crippen MR) is 75.0 cm³/mol. The van der Waals surface area contributed by atoms with E-state index in [1.165, 1.54) is 22.9 Å². The van der Waals surface area contributed by atoms with Crippen LogP contribution in [0.5, 0.6) is 0 Å². The molecular weight excluding hydrogens is 282 g/mol. The van der Waals surface area contributed by atoms with E-state index < -0.39 is 0 Å². The van der Waals surface area contributed by atoms with E-state index >= 15 is 0 Å². The Kier molecular flexibility index (Phi) is 3.86. The maximum Gasteiger partial charge on any atom is 0.277 e. The lowest BCUT2D eigenvalue weighted by molar-refractivity contribution is 0.0846. The Balaban J connectivity index is 1.66. The van der Waals surface area contributed by atoms with Gasteiger partial charge in [0.1, 0.15) is 5.69 Å². The molecule has 19 heavy (non-hydrogen) atoms. The number of amides is 1. The molecule has 1 saturated heterocycles. The molecule has 0 atom stereocenters. The molecule has 1 N–H and O–H groups in total. The Bertz CT molecular complexity index is 547. The number of hydrogen-bond donors (Lipinski definition) is 1. The predicted octanol–water partition coefficient (Wildman–Crippen LogP) is 2.75. The molecule has 2 aromatic heterocycles. The lowest BCUT2D eigenvalue weighted by atomic mass is 9.98. The van der Waals surface area contributed by atoms with Crippen molar-refractivity contribution in [2.24, 2.45) is 0 Å². The van der Waals surface area contributed by atoms with Gasteiger partial charge in [-0.1, -0.05) is 0 Å². The number of carbonyl (C=O) groups is 1. The average Bonchev–Trinajstić information content (AvgIpc) is 3.11. The van der Waals surface area contributed by atoms with Crippen molar-refractivity contribution in [3.8, 4) is 0 Å². The molecule has 3 heterocycles. The van der Waals surface area contributed by atoms with Crippen molar-refractivity contribution < 1.29 is 9.53 Å². The summed E-state index contributed by atoms with van der Waals surface area (Å²) in [7, 11) is 0. The maximum absolute atomic E-state index is 11.8. The van der Waals surface area contributed by atoms with Gasteiger partial charge in [-0.15, -0.1) is 11.3 Å². The van der Waals surface area contributed by atoms with Gasteiger partial charge < -0.3 is 4.74 Å². The van der Waals surface area contributed by atoms with Crippen molar-refractivity contribution in [3.63, 3.8) is 0 Å². The van der Waals surface area contributed by atoms with E-state index in [1.54, 1.807) is 11.4 Å². The Morgan fingerprint density at radius 3 is 3.00 bits per heavy atom. The topological polar surface area (TPSA) is 64.1 Å². The van der Waals surface area contributed by atoms with E-state index in [0.717, 1.165) is 31.7 Å². The van der Waals surface area contributed by atoms with Crippen LogP contribution in [0.3, 0.4) is 0 Å². The molecule has 0 aliphatic carbocycles. The number of hydrogen-bond acceptors (Lipinski definition) is 6. The molecule has 1 amide bonds. The molecular formula is C12H13N3O2S2. The van der Waals surface area contributed by atoms with Crippen LogP contribution in [0, 0.1) is 0 Å². The number of thiazole rings is 1. The second kappa shape index (κ2) is 5.77. The Hall–Kier alpha value is -1.31. The number of carbonyl (C=O) groups excluding carboxylic acids is 1. The van der Waals surface area contributed by atoms with Crippen LogP contribution in [-0.4, -0.2) is 28.5 Å². The molecule has 100 valence electrons. The molecule has 0 aromatic carbocycles. The van der Waals surface area contributed by atoms with Gasteiger partial charge in [-0.05, 0) is 30.4 Å². The first kappa shape index (κ1) is 12.7. The van der Waals surface area contributed by atoms with Crippen LogP contribution >= 0.6 is 22.9 Å². The van der Waals surface area contributed by atoms with Crippen molar-refractivity contribution >= 4 is 33.9 Å². The minimum atomic E-state index is -0.200. The van der Waals surface area contributed by atoms with Crippen molar-refractivity contribution in [2.45, 2.75) is 18.8 Å². The summed E-state index contributed by atoms with van der Waals surface area (Å²) in [4.78, 5) is 16.3. The third-order valence-corrected chi connectivity index (χ3v) is 4.39. The quantitative estimate of drug-likeness (QED) is 0.945. The summed E-state index contributed by atoms with van der Waals surface area (Å²) in [6, 6.07) is 1.70. The number of ether oxygens (including phenoxy) is 1. The molecule has 1 aliphatic rings. The minimum absolute atomic E-state index is 0.200. The van der Waals surface area contributed by atoms with Crippen LogP contribution < -0.4 is 5.32 Å². The Morgan fingerprint density at radius 2 is 2.26 bits per heavy atom. The van der Waals surface area contributed by atoms with E-state index in [9.17, 15) is 4.79 Å². The van der Waals surface area contributed by atoms with E-state index in [4.69, 9.17) is 4.74 Å². The molecule has 0 spiro atoms. The summed E-state index contributed by atoms with van der Waals surface area (Å²) >= 11 is 2.73. The van der Waals surface area contributed by atoms with Gasteiger partial charge in [-0.3, -0.25) is 10.1 Å². The summed E-state index contributed by atoms with van der Waals surface area (Å²) in [5.74, 6) is 0.254. The number of nitrogens with zero attached hydrogens (tertiary/aromatic N) is 2. The largest absolute Gasteiger partial charge is 0.381 e. The van der Waals surface area contributed by atoms with Crippen molar-refractivity contribution in [1.29, 1.82) is 0 Å². The highest BCUT2D eigenvalue weighted by Gasteiger charge is 2.19. The SMILES string of the molecule is O=C(Nc1nc(C2CCOCC2)cs1)c1ccsn1. The third kappa shape index (κ3) is 2.99. The van der Waals surface area contributed by atoms with Crippen LogP contribution in [0.25, 0.3) is 0 Å². The summed E-state index contributed by atoms with van der Waals surface area (Å²) in [6.07, 6.45) is 2.01. The number of anilines is 1. The van der Waals surface area contributed by atoms with Gasteiger partial charge in [0.2, 0.25) is 0 Å². The second-order valence-corrected chi connectivity index (χ2v) is 5.83. The lowest BCUT2D eigenvalue weighted by Crippen LogP contribution is -2.15.